The number of rotatable bonds is 11. The highest BCUT2D eigenvalue weighted by Crippen LogP contribution is 2.44. The monoisotopic (exact) mass is 691 g/mol. The number of hydrogen-bond acceptors (Lipinski definition) is 16. The van der Waals surface area contributed by atoms with Gasteiger partial charge in [0.1, 0.15) is 12.7 Å². The van der Waals surface area contributed by atoms with E-state index in [1.165, 1.54) is 25.5 Å². The van der Waals surface area contributed by atoms with Crippen LogP contribution in [0.5, 0.6) is 11.5 Å². The highest BCUT2D eigenvalue weighted by Gasteiger charge is 2.54. The maximum atomic E-state index is 13.0. The third kappa shape index (κ3) is 8.68. The van der Waals surface area contributed by atoms with E-state index in [1.807, 2.05) is 0 Å². The van der Waals surface area contributed by atoms with Crippen molar-refractivity contribution in [1.82, 2.24) is 5.32 Å². The molecular weight excluding hydrogens is 650 g/mol. The Hall–Kier alpha value is -4.67. The van der Waals surface area contributed by atoms with Crippen LogP contribution in [0, 0.1) is 11.8 Å². The summed E-state index contributed by atoms with van der Waals surface area (Å²) in [5.74, 6) is -5.69. The van der Waals surface area contributed by atoms with Gasteiger partial charge in [-0.15, -0.1) is 6.58 Å². The Morgan fingerprint density at radius 3 is 2.20 bits per heavy atom. The van der Waals surface area contributed by atoms with Crippen molar-refractivity contribution >= 4 is 29.8 Å². The summed E-state index contributed by atoms with van der Waals surface area (Å²) in [6.45, 7) is 8.42. The van der Waals surface area contributed by atoms with Crippen molar-refractivity contribution < 1.29 is 72.1 Å². The fourth-order valence-electron chi connectivity index (χ4n) is 6.32. The largest absolute Gasteiger partial charge is 0.504 e. The highest BCUT2D eigenvalue weighted by atomic mass is 16.8. The minimum absolute atomic E-state index is 0.158. The number of benzene rings is 1. The molecule has 9 atom stereocenters. The van der Waals surface area contributed by atoms with Gasteiger partial charge in [0, 0.05) is 51.1 Å². The topological polar surface area (TPSA) is 212 Å². The number of hydrogen-bond donors (Lipinski definition) is 3. The second-order valence-electron chi connectivity index (χ2n) is 11.7. The van der Waals surface area contributed by atoms with Crippen molar-refractivity contribution in [3.05, 3.63) is 47.7 Å². The Morgan fingerprint density at radius 1 is 0.939 bits per heavy atom. The molecule has 16 heteroatoms. The number of methoxy groups -OCH3 is 1. The molecule has 3 aliphatic heterocycles. The standard InChI is InChI=1S/C33H41NO15/c1-7-19-22(12-24-20-8-9-25(39)27(40)21(20)10-11-34-24)23(31(41)42-6)13-44-32(19)49-33-30(47-18(5)38)29(46-17(4)37)28(45-16(3)36)26(48-33)14-43-15(2)35/h7-9,13,19,22,24,26,28-30,32-34,39-40H,1,10-12,14H2,2-6H3/t19-,22+,24+,26-,28-,29+,30-,32+,33+/m1/s1. The zero-order chi connectivity index (χ0) is 36.0. The van der Waals surface area contributed by atoms with Gasteiger partial charge < -0.3 is 53.4 Å². The Morgan fingerprint density at radius 2 is 1.59 bits per heavy atom. The van der Waals surface area contributed by atoms with Crippen LogP contribution in [-0.2, 0) is 68.3 Å². The predicted molar refractivity (Wildman–Crippen MR) is 164 cm³/mol. The molecule has 0 saturated carbocycles. The van der Waals surface area contributed by atoms with Crippen LogP contribution in [-0.4, -0.2) is 97.3 Å². The van der Waals surface area contributed by atoms with Gasteiger partial charge in [-0.2, -0.15) is 0 Å². The van der Waals surface area contributed by atoms with Crippen LogP contribution in [0.25, 0.3) is 0 Å². The lowest BCUT2D eigenvalue weighted by atomic mass is 9.77. The smallest absolute Gasteiger partial charge is 0.337 e. The summed E-state index contributed by atoms with van der Waals surface area (Å²) in [5, 5.41) is 24.0. The van der Waals surface area contributed by atoms with Crippen molar-refractivity contribution in [3.8, 4) is 11.5 Å². The van der Waals surface area contributed by atoms with Gasteiger partial charge >= 0.3 is 29.8 Å². The van der Waals surface area contributed by atoms with Crippen molar-refractivity contribution in [1.29, 1.82) is 0 Å². The molecule has 0 amide bonds. The van der Waals surface area contributed by atoms with Crippen molar-refractivity contribution in [2.24, 2.45) is 11.8 Å². The molecule has 3 N–H and O–H groups in total. The number of carbonyl (C=O) groups excluding carboxylic acids is 5. The average Bonchev–Trinajstić information content (AvgIpc) is 3.04. The van der Waals surface area contributed by atoms with E-state index in [-0.39, 0.29) is 23.5 Å². The van der Waals surface area contributed by atoms with Crippen LogP contribution in [0.15, 0.2) is 36.6 Å². The first-order valence-electron chi connectivity index (χ1n) is 15.5. The predicted octanol–water partition coefficient (Wildman–Crippen LogP) is 1.61. The van der Waals surface area contributed by atoms with Crippen LogP contribution < -0.4 is 5.32 Å². The van der Waals surface area contributed by atoms with Gasteiger partial charge in [-0.25, -0.2) is 4.79 Å². The first-order valence-corrected chi connectivity index (χ1v) is 15.5. The number of fused-ring (bicyclic) bond motifs is 1. The molecule has 4 rings (SSSR count). The Balaban J connectivity index is 1.71. The first-order chi connectivity index (χ1) is 23.2. The normalized spacial score (nSPS) is 29.2. The highest BCUT2D eigenvalue weighted by molar-refractivity contribution is 5.89. The maximum absolute atomic E-state index is 13.0. The molecule has 0 bridgehead atoms. The quantitative estimate of drug-likeness (QED) is 0.130. The summed E-state index contributed by atoms with van der Waals surface area (Å²) < 4.78 is 44.8. The summed E-state index contributed by atoms with van der Waals surface area (Å²) in [7, 11) is 1.22. The van der Waals surface area contributed by atoms with Crippen LogP contribution in [0.3, 0.4) is 0 Å². The molecule has 0 aromatic heterocycles. The van der Waals surface area contributed by atoms with Crippen LogP contribution >= 0.6 is 0 Å². The van der Waals surface area contributed by atoms with Crippen molar-refractivity contribution in [3.63, 3.8) is 0 Å². The SMILES string of the molecule is C=C[C@H]1[C@H](O[C@@H]2O[C@H](COC(C)=O)[C@@H](OC(C)=O)[C@H](OC(C)=O)[C@H]2OC(C)=O)OC=C(C(=O)OC)[C@H]1C[C@@H]1NCCc2c1ccc(O)c2O. The number of phenols is 2. The molecule has 49 heavy (non-hydrogen) atoms. The Kier molecular flexibility index (Phi) is 12.2. The maximum Gasteiger partial charge on any atom is 0.337 e. The van der Waals surface area contributed by atoms with E-state index >= 15 is 0 Å². The zero-order valence-corrected chi connectivity index (χ0v) is 27.7. The molecule has 0 unspecified atom stereocenters. The van der Waals surface area contributed by atoms with Gasteiger partial charge in [-0.3, -0.25) is 19.2 Å². The third-order valence-electron chi connectivity index (χ3n) is 8.35. The molecule has 1 aromatic carbocycles. The average molecular weight is 692 g/mol. The van der Waals surface area contributed by atoms with Gasteiger partial charge in [0.25, 0.3) is 0 Å². The van der Waals surface area contributed by atoms with E-state index in [0.717, 1.165) is 33.3 Å². The first kappa shape index (κ1) is 37.2. The van der Waals surface area contributed by atoms with Crippen LogP contribution in [0.4, 0.5) is 0 Å². The van der Waals surface area contributed by atoms with Gasteiger partial charge in [0.05, 0.1) is 18.9 Å². The van der Waals surface area contributed by atoms with Crippen molar-refractivity contribution in [2.45, 2.75) is 83.6 Å². The lowest BCUT2D eigenvalue weighted by Crippen LogP contribution is -2.63. The molecule has 0 radical (unpaired) electrons. The molecule has 268 valence electrons. The molecule has 3 aliphatic rings. The Bertz CT molecular complexity index is 1470. The molecule has 1 aromatic rings. The van der Waals surface area contributed by atoms with E-state index in [0.29, 0.717) is 18.5 Å². The molecule has 0 spiro atoms. The number of nitrogens with one attached hydrogen (secondary N) is 1. The van der Waals surface area contributed by atoms with Crippen molar-refractivity contribution in [2.75, 3.05) is 20.3 Å². The van der Waals surface area contributed by atoms with Gasteiger partial charge in [0.15, 0.2) is 29.8 Å². The number of carbonyl (C=O) groups is 5. The summed E-state index contributed by atoms with van der Waals surface area (Å²) in [6.07, 6.45) is -5.06. The fourth-order valence-corrected chi connectivity index (χ4v) is 6.32. The van der Waals surface area contributed by atoms with E-state index in [2.05, 4.69) is 11.9 Å². The van der Waals surface area contributed by atoms with Gasteiger partial charge in [-0.1, -0.05) is 12.1 Å². The minimum atomic E-state index is -1.56. The molecule has 16 nitrogen and oxygen atoms in total. The second kappa shape index (κ2) is 16.2. The number of ether oxygens (including phenoxy) is 8. The lowest BCUT2D eigenvalue weighted by Gasteiger charge is -2.46. The van der Waals surface area contributed by atoms with Crippen LogP contribution in [0.1, 0.15) is 51.3 Å². The molecule has 1 fully saturated rings. The molecule has 0 aliphatic carbocycles. The third-order valence-corrected chi connectivity index (χ3v) is 8.35. The number of esters is 5. The zero-order valence-electron chi connectivity index (χ0n) is 27.7. The van der Waals surface area contributed by atoms with E-state index < -0.39 is 91.3 Å². The Labute approximate surface area is 282 Å². The second-order valence-corrected chi connectivity index (χ2v) is 11.7. The summed E-state index contributed by atoms with van der Waals surface area (Å²) >= 11 is 0. The molecular formula is C33H41NO15. The number of aromatic hydroxyl groups is 2. The summed E-state index contributed by atoms with van der Waals surface area (Å²) in [5.41, 5.74) is 1.45. The van der Waals surface area contributed by atoms with Gasteiger partial charge in [-0.05, 0) is 31.0 Å². The summed E-state index contributed by atoms with van der Waals surface area (Å²) in [6, 6.07) is 2.67. The fraction of sp³-hybridized carbons (Fsp3) is 0.545. The minimum Gasteiger partial charge on any atom is -0.504 e. The molecule has 1 saturated heterocycles. The lowest BCUT2D eigenvalue weighted by molar-refractivity contribution is -0.342. The van der Waals surface area contributed by atoms with Crippen LogP contribution in [0.2, 0.25) is 0 Å². The van der Waals surface area contributed by atoms with E-state index in [9.17, 15) is 34.2 Å². The number of phenolic OH excluding ortho intramolecular Hbond substituents is 2. The van der Waals surface area contributed by atoms with E-state index in [4.69, 9.17) is 37.9 Å². The van der Waals surface area contributed by atoms with E-state index in [1.54, 1.807) is 6.07 Å². The summed E-state index contributed by atoms with van der Waals surface area (Å²) in [4.78, 5) is 61.3. The van der Waals surface area contributed by atoms with Gasteiger partial charge in [0.2, 0.25) is 12.6 Å². The molecule has 3 heterocycles.